The number of hydrazone groups is 1. The van der Waals surface area contributed by atoms with Gasteiger partial charge in [0.1, 0.15) is 5.69 Å². The minimum Gasteiger partial charge on any atom is -0.366 e. The largest absolute Gasteiger partial charge is 0.416 e. The van der Waals surface area contributed by atoms with Gasteiger partial charge >= 0.3 is 6.18 Å². The number of alkyl halides is 3. The molecular formula is C24H29F3N4O2. The summed E-state index contributed by atoms with van der Waals surface area (Å²) in [6.07, 6.45) is -1.07. The molecule has 6 nitrogen and oxygen atoms in total. The summed E-state index contributed by atoms with van der Waals surface area (Å²) in [6.45, 7) is 11.8. The highest BCUT2D eigenvalue weighted by Crippen LogP contribution is 2.44. The van der Waals surface area contributed by atoms with E-state index in [9.17, 15) is 23.3 Å². The van der Waals surface area contributed by atoms with E-state index >= 15 is 0 Å². The van der Waals surface area contributed by atoms with Gasteiger partial charge in [-0.15, -0.1) is 0 Å². The molecule has 1 heterocycles. The number of nitrogens with zero attached hydrogens (tertiary/aromatic N) is 3. The molecule has 0 bridgehead atoms. The van der Waals surface area contributed by atoms with Gasteiger partial charge in [0.15, 0.2) is 0 Å². The zero-order valence-corrected chi connectivity index (χ0v) is 19.5. The molecule has 1 atom stereocenters. The Kier molecular flexibility index (Phi) is 6.72. The molecule has 0 saturated heterocycles. The number of hydrogen-bond acceptors (Lipinski definition) is 5. The normalized spacial score (nSPS) is 17.8. The van der Waals surface area contributed by atoms with Crippen molar-refractivity contribution in [2.24, 2.45) is 5.10 Å². The minimum absolute atomic E-state index is 0.0491. The first-order valence-corrected chi connectivity index (χ1v) is 10.9. The summed E-state index contributed by atoms with van der Waals surface area (Å²) in [6, 6.07) is 6.54. The van der Waals surface area contributed by atoms with E-state index in [0.717, 1.165) is 42.6 Å². The van der Waals surface area contributed by atoms with Gasteiger partial charge in [0, 0.05) is 23.8 Å². The zero-order chi connectivity index (χ0) is 24.6. The van der Waals surface area contributed by atoms with Crippen molar-refractivity contribution in [3.63, 3.8) is 0 Å². The maximum Gasteiger partial charge on any atom is 0.416 e. The summed E-state index contributed by atoms with van der Waals surface area (Å²) in [5, 5.41) is 15.4. The highest BCUT2D eigenvalue weighted by atomic mass is 19.4. The third-order valence-corrected chi connectivity index (χ3v) is 6.13. The number of hydrogen-bond donors (Lipinski definition) is 1. The van der Waals surface area contributed by atoms with E-state index in [1.807, 2.05) is 6.92 Å². The van der Waals surface area contributed by atoms with Crippen LogP contribution in [0.25, 0.3) is 0 Å². The van der Waals surface area contributed by atoms with Gasteiger partial charge in [-0.1, -0.05) is 13.8 Å². The van der Waals surface area contributed by atoms with Crippen molar-refractivity contribution in [3.05, 3.63) is 62.7 Å². The molecule has 178 valence electrons. The van der Waals surface area contributed by atoms with E-state index in [1.165, 1.54) is 11.3 Å². The second-order valence-electron chi connectivity index (χ2n) is 9.19. The molecule has 2 aromatic carbocycles. The highest BCUT2D eigenvalue weighted by Gasteiger charge is 2.36. The number of fused-ring (bicyclic) bond motifs is 1. The molecule has 1 unspecified atom stereocenters. The van der Waals surface area contributed by atoms with Gasteiger partial charge in [0.2, 0.25) is 0 Å². The lowest BCUT2D eigenvalue weighted by atomic mass is 9.79. The van der Waals surface area contributed by atoms with Gasteiger partial charge in [-0.05, 0) is 80.5 Å². The van der Waals surface area contributed by atoms with Gasteiger partial charge < -0.3 is 4.90 Å². The van der Waals surface area contributed by atoms with Gasteiger partial charge in [0.05, 0.1) is 16.7 Å². The van der Waals surface area contributed by atoms with E-state index in [4.69, 9.17) is 0 Å². The Hall–Kier alpha value is -3.10. The second-order valence-corrected chi connectivity index (χ2v) is 9.19. The summed E-state index contributed by atoms with van der Waals surface area (Å²) < 4.78 is 38.7. The Bertz CT molecular complexity index is 1080. The maximum atomic E-state index is 12.9. The Balaban J connectivity index is 1.90. The smallest absolute Gasteiger partial charge is 0.366 e. The van der Waals surface area contributed by atoms with Crippen molar-refractivity contribution in [1.82, 2.24) is 0 Å². The lowest BCUT2D eigenvalue weighted by Crippen LogP contribution is -2.48. The van der Waals surface area contributed by atoms with Crippen molar-refractivity contribution in [3.8, 4) is 0 Å². The van der Waals surface area contributed by atoms with Crippen LogP contribution < -0.4 is 10.3 Å². The lowest BCUT2D eigenvalue weighted by molar-refractivity contribution is -0.384. The summed E-state index contributed by atoms with van der Waals surface area (Å²) >= 11 is 0. The molecule has 1 aliphatic heterocycles. The Morgan fingerprint density at radius 2 is 2.00 bits per heavy atom. The molecule has 0 radical (unpaired) electrons. The van der Waals surface area contributed by atoms with Gasteiger partial charge in [-0.3, -0.25) is 15.5 Å². The molecule has 0 aliphatic carbocycles. The van der Waals surface area contributed by atoms with Crippen LogP contribution in [-0.4, -0.2) is 23.2 Å². The number of aryl methyl sites for hydroxylation is 1. The van der Waals surface area contributed by atoms with E-state index in [1.54, 1.807) is 6.21 Å². The summed E-state index contributed by atoms with van der Waals surface area (Å²) in [7, 11) is 0. The van der Waals surface area contributed by atoms with Crippen molar-refractivity contribution < 1.29 is 18.1 Å². The molecular weight excluding hydrogens is 433 g/mol. The highest BCUT2D eigenvalue weighted by molar-refractivity contribution is 5.85. The third kappa shape index (κ3) is 5.12. The van der Waals surface area contributed by atoms with Crippen LogP contribution in [0.4, 0.5) is 30.2 Å². The SMILES string of the molecule is CCCN1c2cc(C)c(/C=N/Nc3ccc(C(F)(F)F)cc3[N+](=O)[O-])cc2C(C)CC1(C)C. The zero-order valence-electron chi connectivity index (χ0n) is 19.5. The van der Waals surface area contributed by atoms with Gasteiger partial charge in [-0.25, -0.2) is 0 Å². The Morgan fingerprint density at radius 1 is 1.30 bits per heavy atom. The van der Waals surface area contributed by atoms with Crippen LogP contribution >= 0.6 is 0 Å². The van der Waals surface area contributed by atoms with Crippen LogP contribution in [0.2, 0.25) is 0 Å². The molecule has 0 spiro atoms. The summed E-state index contributed by atoms with van der Waals surface area (Å²) in [5.41, 5.74) is 4.98. The second kappa shape index (κ2) is 9.03. The molecule has 0 aromatic heterocycles. The molecule has 0 amide bonds. The van der Waals surface area contributed by atoms with E-state index in [2.05, 4.69) is 55.3 Å². The van der Waals surface area contributed by atoms with E-state index < -0.39 is 22.4 Å². The summed E-state index contributed by atoms with van der Waals surface area (Å²) in [4.78, 5) is 12.8. The average Bonchev–Trinajstić information content (AvgIpc) is 2.70. The molecule has 9 heteroatoms. The van der Waals surface area contributed by atoms with Crippen molar-refractivity contribution >= 4 is 23.3 Å². The van der Waals surface area contributed by atoms with Crippen molar-refractivity contribution in [2.75, 3.05) is 16.9 Å². The Morgan fingerprint density at radius 3 is 2.61 bits per heavy atom. The number of nitro groups is 1. The first-order chi connectivity index (χ1) is 15.3. The van der Waals surface area contributed by atoms with E-state index in [0.29, 0.717) is 12.0 Å². The number of nitrogens with one attached hydrogen (secondary N) is 1. The van der Waals surface area contributed by atoms with Crippen LogP contribution in [-0.2, 0) is 6.18 Å². The monoisotopic (exact) mass is 462 g/mol. The minimum atomic E-state index is -4.66. The molecule has 1 N–H and O–H groups in total. The number of anilines is 2. The van der Waals surface area contributed by atoms with Crippen LogP contribution in [0.3, 0.4) is 0 Å². The molecule has 33 heavy (non-hydrogen) atoms. The van der Waals surface area contributed by atoms with Crippen molar-refractivity contribution in [1.29, 1.82) is 0 Å². The molecule has 1 aliphatic rings. The molecule has 3 rings (SSSR count). The number of rotatable bonds is 6. The first kappa shape index (κ1) is 24.5. The average molecular weight is 463 g/mol. The predicted molar refractivity (Wildman–Crippen MR) is 125 cm³/mol. The third-order valence-electron chi connectivity index (χ3n) is 6.13. The summed E-state index contributed by atoms with van der Waals surface area (Å²) in [5.74, 6) is 0.347. The number of nitro benzene ring substituents is 1. The van der Waals surface area contributed by atoms with Gasteiger partial charge in [0.25, 0.3) is 5.69 Å². The van der Waals surface area contributed by atoms with Crippen LogP contribution in [0.5, 0.6) is 0 Å². The Labute approximate surface area is 191 Å². The fourth-order valence-corrected chi connectivity index (χ4v) is 4.56. The standard InChI is InChI=1S/C24H29F3N4O2/c1-6-9-30-21-10-15(2)17(11-19(21)16(3)13-23(30,4)5)14-28-29-20-8-7-18(24(25,26)27)12-22(20)31(32)33/h7-8,10-12,14,16,29H,6,9,13H2,1-5H3/b28-14+. The maximum absolute atomic E-state index is 12.9. The number of halogens is 3. The number of benzene rings is 2. The molecule has 0 fully saturated rings. The topological polar surface area (TPSA) is 70.8 Å². The fraction of sp³-hybridized carbons (Fsp3) is 0.458. The lowest BCUT2D eigenvalue weighted by Gasteiger charge is -2.48. The van der Waals surface area contributed by atoms with E-state index in [-0.39, 0.29) is 11.2 Å². The van der Waals surface area contributed by atoms with Crippen LogP contribution in [0, 0.1) is 17.0 Å². The first-order valence-electron chi connectivity index (χ1n) is 10.9. The van der Waals surface area contributed by atoms with Gasteiger partial charge in [-0.2, -0.15) is 18.3 Å². The van der Waals surface area contributed by atoms with Crippen molar-refractivity contribution in [2.45, 2.75) is 65.1 Å². The molecule has 0 saturated carbocycles. The predicted octanol–water partition coefficient (Wildman–Crippen LogP) is 6.87. The quantitative estimate of drug-likeness (QED) is 0.289. The molecule has 2 aromatic rings. The fourth-order valence-electron chi connectivity index (χ4n) is 4.56. The van der Waals surface area contributed by atoms with Crippen LogP contribution in [0.1, 0.15) is 68.7 Å². The van der Waals surface area contributed by atoms with Crippen LogP contribution in [0.15, 0.2) is 35.4 Å².